The van der Waals surface area contributed by atoms with Gasteiger partial charge in [-0.1, -0.05) is 109 Å². The minimum absolute atomic E-state index is 1.17. The zero-order valence-electron chi connectivity index (χ0n) is 25.6. The zero-order valence-corrected chi connectivity index (χ0v) is 25.6. The lowest BCUT2D eigenvalue weighted by Crippen LogP contribution is -1.93. The van der Waals surface area contributed by atoms with Crippen LogP contribution in [-0.2, 0) is 0 Å². The van der Waals surface area contributed by atoms with Crippen molar-refractivity contribution in [1.82, 2.24) is 9.55 Å². The van der Waals surface area contributed by atoms with E-state index in [-0.39, 0.29) is 0 Å². The summed E-state index contributed by atoms with van der Waals surface area (Å²) in [7, 11) is 0. The van der Waals surface area contributed by atoms with Gasteiger partial charge >= 0.3 is 0 Å². The Balaban J connectivity index is 1.25. The molecule has 0 spiro atoms. The first kappa shape index (κ1) is 26.0. The maximum Gasteiger partial charge on any atom is 0.0541 e. The summed E-state index contributed by atoms with van der Waals surface area (Å²) in [6.07, 6.45) is 3.70. The van der Waals surface area contributed by atoms with Gasteiger partial charge in [-0.2, -0.15) is 0 Å². The molecule has 47 heavy (non-hydrogen) atoms. The minimum Gasteiger partial charge on any atom is -0.309 e. The molecule has 0 N–H and O–H groups in total. The van der Waals surface area contributed by atoms with Crippen LogP contribution in [0.5, 0.6) is 0 Å². The molecule has 0 aliphatic heterocycles. The van der Waals surface area contributed by atoms with Gasteiger partial charge in [-0.05, 0) is 114 Å². The lowest BCUT2D eigenvalue weighted by molar-refractivity contribution is 1.18. The van der Waals surface area contributed by atoms with Gasteiger partial charge in [0, 0.05) is 28.9 Å². The summed E-state index contributed by atoms with van der Waals surface area (Å²) in [6.45, 7) is 0. The van der Waals surface area contributed by atoms with Crippen LogP contribution >= 0.6 is 0 Å². The highest BCUT2D eigenvalue weighted by atomic mass is 15.0. The highest BCUT2D eigenvalue weighted by molar-refractivity contribution is 6.28. The van der Waals surface area contributed by atoms with Crippen LogP contribution in [-0.4, -0.2) is 9.55 Å². The van der Waals surface area contributed by atoms with Crippen LogP contribution < -0.4 is 0 Å². The number of hydrogen-bond donors (Lipinski definition) is 0. The van der Waals surface area contributed by atoms with Gasteiger partial charge in [-0.15, -0.1) is 0 Å². The van der Waals surface area contributed by atoms with E-state index in [1.54, 1.807) is 0 Å². The Morgan fingerprint density at radius 3 is 1.74 bits per heavy atom. The van der Waals surface area contributed by atoms with Gasteiger partial charge in [-0.3, -0.25) is 4.98 Å². The first-order valence-corrected chi connectivity index (χ1v) is 16.1. The second-order valence-electron chi connectivity index (χ2n) is 12.4. The van der Waals surface area contributed by atoms with E-state index in [2.05, 4.69) is 167 Å². The van der Waals surface area contributed by atoms with Gasteiger partial charge in [0.05, 0.1) is 11.0 Å². The van der Waals surface area contributed by atoms with E-state index < -0.39 is 0 Å². The van der Waals surface area contributed by atoms with Crippen molar-refractivity contribution in [3.63, 3.8) is 0 Å². The average Bonchev–Trinajstić information content (AvgIpc) is 3.48. The van der Waals surface area contributed by atoms with Crippen LogP contribution in [0.1, 0.15) is 0 Å². The van der Waals surface area contributed by atoms with Gasteiger partial charge in [-0.25, -0.2) is 0 Å². The number of nitrogens with zero attached hydrogens (tertiary/aromatic N) is 2. The molecule has 2 nitrogen and oxygen atoms in total. The monoisotopic (exact) mass is 596 g/mol. The fourth-order valence-corrected chi connectivity index (χ4v) is 7.69. The lowest BCUT2D eigenvalue weighted by atomic mass is 9.85. The van der Waals surface area contributed by atoms with Crippen molar-refractivity contribution < 1.29 is 0 Å². The summed E-state index contributed by atoms with van der Waals surface area (Å²) in [6, 6.07) is 57.8. The third-order valence-corrected chi connectivity index (χ3v) is 9.85. The number of benzene rings is 8. The van der Waals surface area contributed by atoms with Gasteiger partial charge in [0.25, 0.3) is 0 Å². The van der Waals surface area contributed by atoms with Crippen LogP contribution in [0.2, 0.25) is 0 Å². The van der Waals surface area contributed by atoms with E-state index in [4.69, 9.17) is 0 Å². The Kier molecular flexibility index (Phi) is 5.61. The molecule has 0 unspecified atom stereocenters. The highest BCUT2D eigenvalue weighted by Gasteiger charge is 2.18. The molecule has 2 heteroatoms. The largest absolute Gasteiger partial charge is 0.309 e. The molecule has 0 amide bonds. The van der Waals surface area contributed by atoms with Crippen LogP contribution in [0.4, 0.5) is 0 Å². The molecule has 0 fully saturated rings. The molecule has 0 aliphatic rings. The van der Waals surface area contributed by atoms with Crippen molar-refractivity contribution >= 4 is 54.1 Å². The van der Waals surface area contributed by atoms with Crippen molar-refractivity contribution in [2.45, 2.75) is 0 Å². The van der Waals surface area contributed by atoms with Crippen molar-refractivity contribution in [2.24, 2.45) is 0 Å². The van der Waals surface area contributed by atoms with E-state index in [0.717, 1.165) is 0 Å². The molecule has 10 rings (SSSR count). The molecular formula is C45H28N2. The Bertz CT molecular complexity index is 2740. The van der Waals surface area contributed by atoms with Crippen molar-refractivity contribution in [3.8, 4) is 39.1 Å². The fourth-order valence-electron chi connectivity index (χ4n) is 7.69. The Hall–Kier alpha value is -6.25. The highest BCUT2D eigenvalue weighted by Crippen LogP contribution is 2.45. The lowest BCUT2D eigenvalue weighted by Gasteiger charge is -2.18. The predicted octanol–water partition coefficient (Wildman–Crippen LogP) is 12.1. The third-order valence-electron chi connectivity index (χ3n) is 9.85. The number of rotatable bonds is 4. The molecule has 2 heterocycles. The summed E-state index contributed by atoms with van der Waals surface area (Å²) in [5.41, 5.74) is 10.9. The molecule has 0 saturated heterocycles. The predicted molar refractivity (Wildman–Crippen MR) is 199 cm³/mol. The summed E-state index contributed by atoms with van der Waals surface area (Å²) in [5.74, 6) is 0. The second kappa shape index (κ2) is 10.1. The molecule has 0 radical (unpaired) electrons. The summed E-state index contributed by atoms with van der Waals surface area (Å²) >= 11 is 0. The molecule has 2 aromatic heterocycles. The van der Waals surface area contributed by atoms with Crippen molar-refractivity contribution in [2.75, 3.05) is 0 Å². The smallest absolute Gasteiger partial charge is 0.0541 e. The van der Waals surface area contributed by atoms with E-state index in [1.807, 2.05) is 12.4 Å². The molecule has 8 aromatic carbocycles. The molecule has 0 aliphatic carbocycles. The number of hydrogen-bond acceptors (Lipinski definition) is 1. The summed E-state index contributed by atoms with van der Waals surface area (Å²) in [4.78, 5) is 4.20. The number of fused-ring (bicyclic) bond motifs is 3. The van der Waals surface area contributed by atoms with Gasteiger partial charge in [0.1, 0.15) is 0 Å². The van der Waals surface area contributed by atoms with E-state index >= 15 is 0 Å². The number of para-hydroxylation sites is 2. The summed E-state index contributed by atoms with van der Waals surface area (Å²) < 4.78 is 2.38. The van der Waals surface area contributed by atoms with E-state index in [9.17, 15) is 0 Å². The Labute approximate surface area is 272 Å². The number of pyridine rings is 1. The minimum atomic E-state index is 1.17. The van der Waals surface area contributed by atoms with Crippen LogP contribution in [0, 0.1) is 0 Å². The van der Waals surface area contributed by atoms with Crippen LogP contribution in [0.3, 0.4) is 0 Å². The maximum atomic E-state index is 4.20. The molecule has 10 aromatic rings. The van der Waals surface area contributed by atoms with Crippen LogP contribution in [0.15, 0.2) is 170 Å². The Morgan fingerprint density at radius 1 is 0.362 bits per heavy atom. The van der Waals surface area contributed by atoms with Gasteiger partial charge < -0.3 is 4.57 Å². The third kappa shape index (κ3) is 3.95. The molecular weight excluding hydrogens is 569 g/mol. The van der Waals surface area contributed by atoms with Crippen molar-refractivity contribution in [3.05, 3.63) is 170 Å². The van der Waals surface area contributed by atoms with Crippen LogP contribution in [0.25, 0.3) is 93.2 Å². The summed E-state index contributed by atoms with van der Waals surface area (Å²) in [5, 5.41) is 10.3. The van der Waals surface area contributed by atoms with Crippen molar-refractivity contribution in [1.29, 1.82) is 0 Å². The maximum absolute atomic E-state index is 4.20. The standard InChI is InChI=1S/C45H28N2/c1-2-9-35(10-3-1)47-42-12-5-4-11-36(42)41-27-34(19-22-43(41)47)40-28-39(31-15-13-29(14-16-31)30-23-25-46-26-24-30)37-20-17-32-7-6-8-33-18-21-38(40)45(37)44(32)33/h1-28H. The molecule has 0 saturated carbocycles. The fraction of sp³-hybridized carbons (Fsp3) is 0. The molecule has 0 atom stereocenters. The van der Waals surface area contributed by atoms with E-state index in [1.165, 1.54) is 93.2 Å². The molecule has 218 valence electrons. The topological polar surface area (TPSA) is 17.8 Å². The van der Waals surface area contributed by atoms with Gasteiger partial charge in [0.15, 0.2) is 0 Å². The second-order valence-corrected chi connectivity index (χ2v) is 12.4. The Morgan fingerprint density at radius 2 is 0.979 bits per heavy atom. The quantitative estimate of drug-likeness (QED) is 0.185. The SMILES string of the molecule is c1ccc(-n2c3ccccc3c3cc(-c4cc(-c5ccc(-c6ccncc6)cc5)c5ccc6cccc7ccc4c5c67)ccc32)cc1. The molecule has 0 bridgehead atoms. The average molecular weight is 597 g/mol. The first-order valence-electron chi connectivity index (χ1n) is 16.1. The zero-order chi connectivity index (χ0) is 30.9. The number of aromatic nitrogens is 2. The van der Waals surface area contributed by atoms with Gasteiger partial charge in [0.2, 0.25) is 0 Å². The first-order chi connectivity index (χ1) is 23.3. The van der Waals surface area contributed by atoms with E-state index in [0.29, 0.717) is 0 Å². The normalized spacial score (nSPS) is 11.8.